The van der Waals surface area contributed by atoms with E-state index in [0.717, 1.165) is 112 Å². The summed E-state index contributed by atoms with van der Waals surface area (Å²) in [7, 11) is 0. The monoisotopic (exact) mass is 748 g/mol. The van der Waals surface area contributed by atoms with E-state index in [2.05, 4.69) is 20.4 Å². The van der Waals surface area contributed by atoms with Gasteiger partial charge in [-0.05, 0) is 106 Å². The first-order chi connectivity index (χ1) is 25.6. The molecule has 0 fully saturated rings. The summed E-state index contributed by atoms with van der Waals surface area (Å²) in [5.41, 5.74) is 2.68. The predicted molar refractivity (Wildman–Crippen MR) is 218 cm³/mol. The van der Waals surface area contributed by atoms with Crippen molar-refractivity contribution in [1.82, 2.24) is 0 Å². The fraction of sp³-hybridized carbons (Fsp3) is 0.556. The van der Waals surface area contributed by atoms with Crippen LogP contribution in [0.2, 0.25) is 0 Å². The highest BCUT2D eigenvalue weighted by Crippen LogP contribution is 2.34. The van der Waals surface area contributed by atoms with Crippen molar-refractivity contribution in [2.24, 2.45) is 5.92 Å². The number of carbonyl (C=O) groups excluding carboxylic acids is 4. The minimum absolute atomic E-state index is 0.0125. The number of ketones is 1. The third kappa shape index (κ3) is 17.7. The molecule has 8 heteroatoms. The van der Waals surface area contributed by atoms with E-state index in [1.165, 1.54) is 11.3 Å². The molecular formula is C45H64O7S. The van der Waals surface area contributed by atoms with Crippen LogP contribution in [0.5, 0.6) is 0 Å². The molecule has 0 bridgehead atoms. The summed E-state index contributed by atoms with van der Waals surface area (Å²) in [6.45, 7) is 14.8. The van der Waals surface area contributed by atoms with Crippen LogP contribution in [0.4, 0.5) is 0 Å². The summed E-state index contributed by atoms with van der Waals surface area (Å²) in [5, 5.41) is 0. The lowest BCUT2D eigenvalue weighted by atomic mass is 9.98. The Morgan fingerprint density at radius 2 is 1.26 bits per heavy atom. The van der Waals surface area contributed by atoms with E-state index < -0.39 is 17.9 Å². The third-order valence-electron chi connectivity index (χ3n) is 8.95. The Balaban J connectivity index is 2.34. The van der Waals surface area contributed by atoms with Crippen molar-refractivity contribution in [2.45, 2.75) is 137 Å². The van der Waals surface area contributed by atoms with Crippen molar-refractivity contribution >= 4 is 40.6 Å². The molecule has 292 valence electrons. The smallest absolute Gasteiger partial charge is 0.338 e. The van der Waals surface area contributed by atoms with E-state index in [0.29, 0.717) is 48.5 Å². The Bertz CT molecular complexity index is 1500. The molecule has 2 rings (SSSR count). The number of carbonyl (C=O) groups is 4. The van der Waals surface area contributed by atoms with E-state index >= 15 is 0 Å². The van der Waals surface area contributed by atoms with Crippen LogP contribution in [-0.2, 0) is 23.8 Å². The lowest BCUT2D eigenvalue weighted by molar-refractivity contribution is -0.146. The lowest BCUT2D eigenvalue weighted by Gasteiger charge is -2.11. The van der Waals surface area contributed by atoms with Crippen LogP contribution in [-0.4, -0.2) is 43.5 Å². The highest BCUT2D eigenvalue weighted by molar-refractivity contribution is 7.16. The van der Waals surface area contributed by atoms with Gasteiger partial charge in [-0.25, -0.2) is 9.59 Å². The second-order valence-electron chi connectivity index (χ2n) is 13.8. The Hall–Kier alpha value is -3.78. The van der Waals surface area contributed by atoms with E-state index in [1.54, 1.807) is 31.2 Å². The van der Waals surface area contributed by atoms with E-state index in [4.69, 9.17) is 14.2 Å². The number of unbranched alkanes of at least 4 members (excludes halogenated alkanes) is 11. The van der Waals surface area contributed by atoms with Gasteiger partial charge in [0.1, 0.15) is 0 Å². The topological polar surface area (TPSA) is 96.0 Å². The van der Waals surface area contributed by atoms with Gasteiger partial charge in [-0.15, -0.1) is 17.9 Å². The van der Waals surface area contributed by atoms with Crippen molar-refractivity contribution < 1.29 is 33.4 Å². The maximum atomic E-state index is 13.3. The van der Waals surface area contributed by atoms with Crippen LogP contribution in [0, 0.1) is 5.92 Å². The normalized spacial score (nSPS) is 12.3. The first-order valence-electron chi connectivity index (χ1n) is 20.0. The molecule has 0 radical (unpaired) electrons. The number of thiophene rings is 1. The summed E-state index contributed by atoms with van der Waals surface area (Å²) in [6.07, 6.45) is 20.4. The first kappa shape index (κ1) is 45.4. The summed E-state index contributed by atoms with van der Waals surface area (Å²) in [6, 6.07) is 9.00. The molecule has 1 heterocycles. The summed E-state index contributed by atoms with van der Waals surface area (Å²) in [4.78, 5) is 54.3. The molecule has 1 atom stereocenters. The molecule has 1 aromatic carbocycles. The highest BCUT2D eigenvalue weighted by atomic mass is 32.1. The molecule has 0 aliphatic rings. The zero-order chi connectivity index (χ0) is 38.8. The summed E-state index contributed by atoms with van der Waals surface area (Å²) in [5.74, 6) is -1.86. The van der Waals surface area contributed by atoms with Crippen LogP contribution in [0.25, 0.3) is 16.0 Å². The van der Waals surface area contributed by atoms with Crippen LogP contribution >= 0.6 is 11.3 Å². The predicted octanol–water partition coefficient (Wildman–Crippen LogP) is 12.3. The van der Waals surface area contributed by atoms with Gasteiger partial charge >= 0.3 is 17.9 Å². The SMILES string of the molecule is C=CCCCCCOC(=O)C(C)/C=C(\C=C(/C)c1ccc(-c2cc(C(=O)OCCCCCC)cc(C(=O)OCCCCCCC)c2)s1)C(=O)CCCC. The largest absolute Gasteiger partial charge is 0.465 e. The molecule has 0 spiro atoms. The summed E-state index contributed by atoms with van der Waals surface area (Å²) < 4.78 is 16.7. The number of hydrogen-bond donors (Lipinski definition) is 0. The van der Waals surface area contributed by atoms with Crippen LogP contribution in [0.1, 0.15) is 163 Å². The van der Waals surface area contributed by atoms with E-state index in [1.807, 2.05) is 38.1 Å². The number of ether oxygens (including phenoxy) is 3. The average molecular weight is 749 g/mol. The minimum Gasteiger partial charge on any atom is -0.465 e. The Morgan fingerprint density at radius 3 is 1.85 bits per heavy atom. The molecule has 7 nitrogen and oxygen atoms in total. The van der Waals surface area contributed by atoms with Gasteiger partial charge in [0.25, 0.3) is 0 Å². The van der Waals surface area contributed by atoms with Crippen molar-refractivity contribution in [3.8, 4) is 10.4 Å². The first-order valence-corrected chi connectivity index (χ1v) is 20.8. The minimum atomic E-state index is -0.574. The van der Waals surface area contributed by atoms with Gasteiger partial charge in [0.05, 0.1) is 36.9 Å². The molecule has 0 saturated carbocycles. The summed E-state index contributed by atoms with van der Waals surface area (Å²) >= 11 is 1.50. The van der Waals surface area contributed by atoms with Gasteiger partial charge in [-0.1, -0.05) is 84.3 Å². The Labute approximate surface area is 323 Å². The molecule has 0 aliphatic carbocycles. The second kappa shape index (κ2) is 26.9. The maximum Gasteiger partial charge on any atom is 0.338 e. The van der Waals surface area contributed by atoms with Crippen molar-refractivity contribution in [1.29, 1.82) is 0 Å². The maximum absolute atomic E-state index is 13.3. The third-order valence-corrected chi connectivity index (χ3v) is 10.2. The Kier molecular flexibility index (Phi) is 23.0. The van der Waals surface area contributed by atoms with E-state index in [-0.39, 0.29) is 11.8 Å². The van der Waals surface area contributed by atoms with E-state index in [9.17, 15) is 19.2 Å². The number of hydrogen-bond acceptors (Lipinski definition) is 8. The van der Waals surface area contributed by atoms with Crippen LogP contribution < -0.4 is 0 Å². The number of allylic oxidation sites excluding steroid dienone is 4. The van der Waals surface area contributed by atoms with Crippen molar-refractivity contribution in [3.05, 3.63) is 76.7 Å². The number of rotatable bonds is 28. The van der Waals surface area contributed by atoms with Gasteiger partial charge in [0.2, 0.25) is 0 Å². The molecule has 2 aromatic rings. The molecule has 1 unspecified atom stereocenters. The second-order valence-corrected chi connectivity index (χ2v) is 14.9. The molecule has 0 amide bonds. The molecule has 0 saturated heterocycles. The number of Topliss-reactive ketones (excluding diaryl/α,β-unsaturated/α-hetero) is 1. The van der Waals surface area contributed by atoms with Gasteiger partial charge in [0.15, 0.2) is 5.78 Å². The van der Waals surface area contributed by atoms with Gasteiger partial charge in [-0.2, -0.15) is 0 Å². The number of benzene rings is 1. The molecule has 1 aromatic heterocycles. The quantitative estimate of drug-likeness (QED) is 0.0213. The fourth-order valence-electron chi connectivity index (χ4n) is 5.66. The highest BCUT2D eigenvalue weighted by Gasteiger charge is 2.19. The van der Waals surface area contributed by atoms with Gasteiger partial charge in [0, 0.05) is 21.7 Å². The van der Waals surface area contributed by atoms with Gasteiger partial charge in [-0.3, -0.25) is 9.59 Å². The fourth-order valence-corrected chi connectivity index (χ4v) is 6.62. The zero-order valence-electron chi connectivity index (χ0n) is 33.1. The molecule has 53 heavy (non-hydrogen) atoms. The van der Waals surface area contributed by atoms with Crippen molar-refractivity contribution in [3.63, 3.8) is 0 Å². The Morgan fingerprint density at radius 1 is 0.717 bits per heavy atom. The lowest BCUT2D eigenvalue weighted by Crippen LogP contribution is -2.15. The van der Waals surface area contributed by atoms with Crippen molar-refractivity contribution in [2.75, 3.05) is 19.8 Å². The van der Waals surface area contributed by atoms with Crippen LogP contribution in [0.15, 0.2) is 60.7 Å². The number of esters is 3. The van der Waals surface area contributed by atoms with Gasteiger partial charge < -0.3 is 14.2 Å². The zero-order valence-corrected chi connectivity index (χ0v) is 33.9. The molecule has 0 N–H and O–H groups in total. The average Bonchev–Trinajstić information content (AvgIpc) is 3.66. The molecule has 0 aliphatic heterocycles. The molecular weight excluding hydrogens is 685 g/mol. The standard InChI is InChI=1S/C45H64O7S/c1-7-11-15-18-21-26-50-43(47)35(6)30-36(40(46)23-14-10-4)29-34(5)41-24-25-42(53-41)37-31-38(44(48)51-27-20-17-13-9-3)33-39(32-37)45(49)52-28-22-19-16-12-8-2/h7,24-25,29-33,35H,1,8-23,26-28H2,2-6H3/b34-29+,36-30+. The van der Waals surface area contributed by atoms with Crippen LogP contribution in [0.3, 0.4) is 0 Å².